The summed E-state index contributed by atoms with van der Waals surface area (Å²) in [6.45, 7) is 19.4. The summed E-state index contributed by atoms with van der Waals surface area (Å²) < 4.78 is 0. The van der Waals surface area contributed by atoms with Crippen molar-refractivity contribution in [3.63, 3.8) is 0 Å². The lowest BCUT2D eigenvalue weighted by molar-refractivity contribution is -0.140. The van der Waals surface area contributed by atoms with Gasteiger partial charge in [-0.25, -0.2) is 4.79 Å². The zero-order valence-electron chi connectivity index (χ0n) is 31.7. The van der Waals surface area contributed by atoms with Crippen LogP contribution in [0.1, 0.15) is 126 Å². The molecule has 2 rings (SSSR count). The van der Waals surface area contributed by atoms with E-state index in [0.717, 1.165) is 31.2 Å². The number of hydrogen-bond acceptors (Lipinski definition) is 6. The van der Waals surface area contributed by atoms with E-state index in [4.69, 9.17) is 5.73 Å². The number of nitrogens with two attached hydrogens (primary N) is 1. The van der Waals surface area contributed by atoms with E-state index in [0.29, 0.717) is 37.9 Å². The van der Waals surface area contributed by atoms with E-state index in [2.05, 4.69) is 62.8 Å². The second-order valence-corrected chi connectivity index (χ2v) is 12.3. The number of amides is 7. The first-order valence-corrected chi connectivity index (χ1v) is 18.0. The van der Waals surface area contributed by atoms with Gasteiger partial charge in [-0.3, -0.25) is 28.9 Å². The smallest absolute Gasteiger partial charge is 0.312 e. The molecule has 0 aliphatic carbocycles. The first-order chi connectivity index (χ1) is 23.3. The first-order valence-electron chi connectivity index (χ1n) is 18.0. The van der Waals surface area contributed by atoms with Crippen LogP contribution in [0.2, 0.25) is 0 Å². The molecule has 2 unspecified atom stereocenters. The highest BCUT2D eigenvalue weighted by Gasteiger charge is 2.45. The summed E-state index contributed by atoms with van der Waals surface area (Å²) in [5, 5.41) is 9.98. The van der Waals surface area contributed by atoms with Gasteiger partial charge in [0.2, 0.25) is 30.0 Å². The number of nitrogens with one attached hydrogen (secondary N) is 4. The molecule has 1 saturated heterocycles. The van der Waals surface area contributed by atoms with Crippen molar-refractivity contribution in [3.05, 3.63) is 29.8 Å². The van der Waals surface area contributed by atoms with Gasteiger partial charge in [-0.2, -0.15) is 0 Å². The highest BCUT2D eigenvalue weighted by molar-refractivity contribution is 6.04. The van der Waals surface area contributed by atoms with Crippen LogP contribution in [0.25, 0.3) is 0 Å². The number of urea groups is 1. The molecule has 280 valence electrons. The fourth-order valence-electron chi connectivity index (χ4n) is 4.69. The minimum atomic E-state index is -0.809. The summed E-state index contributed by atoms with van der Waals surface area (Å²) in [4.78, 5) is 70.9. The van der Waals surface area contributed by atoms with Crippen molar-refractivity contribution in [2.45, 2.75) is 133 Å². The van der Waals surface area contributed by atoms with Gasteiger partial charge in [0.05, 0.1) is 12.5 Å². The monoisotopic (exact) mass is 691 g/mol. The molecule has 7 amide bonds. The van der Waals surface area contributed by atoms with Gasteiger partial charge in [-0.15, -0.1) is 0 Å². The van der Waals surface area contributed by atoms with Crippen molar-refractivity contribution in [1.82, 2.24) is 20.9 Å². The van der Waals surface area contributed by atoms with E-state index in [1.807, 2.05) is 32.9 Å². The molecule has 0 saturated carbocycles. The van der Waals surface area contributed by atoms with Crippen molar-refractivity contribution in [3.8, 4) is 0 Å². The van der Waals surface area contributed by atoms with E-state index in [1.54, 1.807) is 12.1 Å². The molecule has 1 fully saturated rings. The number of rotatable bonds is 18. The van der Waals surface area contributed by atoms with Gasteiger partial charge < -0.3 is 27.0 Å². The molecule has 1 aromatic carbocycles. The maximum atomic E-state index is 12.5. The molecule has 0 radical (unpaired) electrons. The standard InChI is InChI=1S/C17H25N5O4.C15H27NO2.C3H8.C2H6/c1-2-12-5-7-13(8-6-12)21-16(25)14(4-3-9-20-17(18)26)22-15(24)10-19-11-23;1-5-7-8-9-10-16-13(17)11-12(14(16)18)15(3,4)6-2;1-3-2;1-2/h5-8,11,14H,2-4,9-10H2,1H3,(H,19,23)(H,21,25)(H,22,24)(H3,18,20,26);12H,5-11H2,1-4H3;3H2,1-2H3;1-2H3. The Hall–Kier alpha value is -3.96. The zero-order chi connectivity index (χ0) is 37.8. The number of carbonyl (C=O) groups is 6. The number of likely N-dealkylation sites (tertiary alicyclic amines) is 1. The van der Waals surface area contributed by atoms with Crippen molar-refractivity contribution >= 4 is 41.8 Å². The molecule has 6 N–H and O–H groups in total. The third-order valence-corrected chi connectivity index (χ3v) is 7.93. The van der Waals surface area contributed by atoms with Crippen LogP contribution in [-0.4, -0.2) is 66.6 Å². The summed E-state index contributed by atoms with van der Waals surface area (Å²) in [6.07, 6.45) is 9.04. The van der Waals surface area contributed by atoms with Gasteiger partial charge >= 0.3 is 6.03 Å². The number of carbonyl (C=O) groups excluding carboxylic acids is 6. The topological polar surface area (TPSA) is 180 Å². The number of aryl methyl sites for hydroxylation is 1. The van der Waals surface area contributed by atoms with Crippen LogP contribution < -0.4 is 27.0 Å². The molecule has 1 heterocycles. The van der Waals surface area contributed by atoms with Crippen LogP contribution in [-0.2, 0) is 30.4 Å². The van der Waals surface area contributed by atoms with Crippen LogP contribution in [0.4, 0.5) is 10.5 Å². The summed E-state index contributed by atoms with van der Waals surface area (Å²) in [6, 6.07) is 5.94. The molecular weight excluding hydrogens is 624 g/mol. The molecule has 0 aromatic heterocycles. The third-order valence-electron chi connectivity index (χ3n) is 7.93. The molecule has 49 heavy (non-hydrogen) atoms. The van der Waals surface area contributed by atoms with E-state index in [9.17, 15) is 28.8 Å². The van der Waals surface area contributed by atoms with E-state index >= 15 is 0 Å². The molecule has 12 nitrogen and oxygen atoms in total. The van der Waals surface area contributed by atoms with Gasteiger partial charge in [0.15, 0.2) is 0 Å². The van der Waals surface area contributed by atoms with Crippen LogP contribution >= 0.6 is 0 Å². The molecule has 1 aliphatic heterocycles. The summed E-state index contributed by atoms with van der Waals surface area (Å²) in [7, 11) is 0. The number of nitrogens with zero attached hydrogens (tertiary/aromatic N) is 1. The largest absolute Gasteiger partial charge is 0.352 e. The lowest BCUT2D eigenvalue weighted by Crippen LogP contribution is -2.47. The predicted molar refractivity (Wildman–Crippen MR) is 198 cm³/mol. The molecule has 1 aromatic rings. The van der Waals surface area contributed by atoms with Crippen LogP contribution in [0.3, 0.4) is 0 Å². The lowest BCUT2D eigenvalue weighted by Gasteiger charge is -2.28. The summed E-state index contributed by atoms with van der Waals surface area (Å²) in [5.74, 6) is -0.887. The molecule has 0 spiro atoms. The Morgan fingerprint density at radius 3 is 2.10 bits per heavy atom. The average molecular weight is 691 g/mol. The van der Waals surface area contributed by atoms with Gasteiger partial charge in [0, 0.05) is 25.2 Å². The highest BCUT2D eigenvalue weighted by Crippen LogP contribution is 2.38. The van der Waals surface area contributed by atoms with Gasteiger partial charge in [0.25, 0.3) is 0 Å². The normalized spacial score (nSPS) is 14.1. The van der Waals surface area contributed by atoms with E-state index in [-0.39, 0.29) is 42.1 Å². The average Bonchev–Trinajstić information content (AvgIpc) is 3.38. The maximum absolute atomic E-state index is 12.5. The quantitative estimate of drug-likeness (QED) is 0.0750. The van der Waals surface area contributed by atoms with E-state index < -0.39 is 18.0 Å². The Balaban J connectivity index is 0. The predicted octanol–water partition coefficient (Wildman–Crippen LogP) is 5.69. The van der Waals surface area contributed by atoms with Gasteiger partial charge in [0.1, 0.15) is 6.04 Å². The van der Waals surface area contributed by atoms with Crippen LogP contribution in [0, 0.1) is 11.3 Å². The first kappa shape index (κ1) is 47.2. The van der Waals surface area contributed by atoms with E-state index in [1.165, 1.54) is 24.2 Å². The van der Waals surface area contributed by atoms with Crippen LogP contribution in [0.5, 0.6) is 0 Å². The Morgan fingerprint density at radius 1 is 0.980 bits per heavy atom. The Bertz CT molecular complexity index is 1110. The second kappa shape index (κ2) is 27.9. The van der Waals surface area contributed by atoms with Crippen molar-refractivity contribution in [2.75, 3.05) is 25.0 Å². The molecular formula is C37H66N6O6. The lowest BCUT2D eigenvalue weighted by atomic mass is 9.76. The number of unbranched alkanes of at least 4 members (excludes halogenated alkanes) is 3. The SMILES string of the molecule is CC.CCC.CCCCCCN1C(=O)CC(C(C)(C)CC)C1=O.CCc1ccc(NC(=O)C(CCCNC(N)=O)NC(=O)CNC=O)cc1. The molecule has 1 aliphatic rings. The van der Waals surface area contributed by atoms with Crippen molar-refractivity contribution in [2.24, 2.45) is 17.1 Å². The summed E-state index contributed by atoms with van der Waals surface area (Å²) >= 11 is 0. The van der Waals surface area contributed by atoms with Gasteiger partial charge in [-0.05, 0) is 48.8 Å². The Morgan fingerprint density at radius 2 is 1.59 bits per heavy atom. The maximum Gasteiger partial charge on any atom is 0.312 e. The third kappa shape index (κ3) is 20.2. The fourth-order valence-corrected chi connectivity index (χ4v) is 4.69. The minimum absolute atomic E-state index is 0.0306. The number of hydrogen-bond donors (Lipinski definition) is 5. The Kier molecular flexibility index (Phi) is 26.9. The van der Waals surface area contributed by atoms with Crippen LogP contribution in [0.15, 0.2) is 24.3 Å². The second-order valence-electron chi connectivity index (χ2n) is 12.3. The fraction of sp³-hybridized carbons (Fsp3) is 0.676. The highest BCUT2D eigenvalue weighted by atomic mass is 16.2. The number of benzene rings is 1. The minimum Gasteiger partial charge on any atom is -0.352 e. The zero-order valence-corrected chi connectivity index (χ0v) is 31.7. The molecule has 2 atom stereocenters. The molecule has 12 heteroatoms. The number of imide groups is 1. The van der Waals surface area contributed by atoms with Crippen molar-refractivity contribution < 1.29 is 28.8 Å². The number of anilines is 1. The van der Waals surface area contributed by atoms with Crippen molar-refractivity contribution in [1.29, 1.82) is 0 Å². The Labute approximate surface area is 295 Å². The van der Waals surface area contributed by atoms with Gasteiger partial charge in [-0.1, -0.05) is 107 Å². The summed E-state index contributed by atoms with van der Waals surface area (Å²) in [5.41, 5.74) is 6.69. The number of primary amides is 1. The molecule has 0 bridgehead atoms.